The van der Waals surface area contributed by atoms with E-state index in [-0.39, 0.29) is 18.9 Å². The fourth-order valence-electron chi connectivity index (χ4n) is 3.22. The van der Waals surface area contributed by atoms with Crippen LogP contribution in [0.25, 0.3) is 5.57 Å². The Kier molecular flexibility index (Phi) is 7.13. The normalized spacial score (nSPS) is 10.6. The molecule has 0 aliphatic heterocycles. The van der Waals surface area contributed by atoms with Crippen molar-refractivity contribution in [3.8, 4) is 0 Å². The summed E-state index contributed by atoms with van der Waals surface area (Å²) in [5.74, 6) is 3.47. The number of benzene rings is 4. The van der Waals surface area contributed by atoms with E-state index in [4.69, 9.17) is 0 Å². The smallest absolute Gasteiger partial charge is 0.323 e. The number of rotatable bonds is 5. The molecule has 0 atom stereocenters. The Balaban J connectivity index is 0.00000240. The molecule has 0 aromatic heterocycles. The van der Waals surface area contributed by atoms with Gasteiger partial charge in [0.05, 0.1) is 0 Å². The SMILES string of the molecule is O=P([C-]=C(c1ccccc1)c1ccccc1)(c1ccccc1)c1ccccc1.[Li+]. The van der Waals surface area contributed by atoms with Gasteiger partial charge in [0.1, 0.15) is 7.14 Å². The zero-order chi connectivity index (χ0) is 19.2. The molecule has 0 radical (unpaired) electrons. The van der Waals surface area contributed by atoms with E-state index in [0.29, 0.717) is 0 Å². The Morgan fingerprint density at radius 3 is 1.17 bits per heavy atom. The van der Waals surface area contributed by atoms with Crippen molar-refractivity contribution in [2.45, 2.75) is 0 Å². The summed E-state index contributed by atoms with van der Waals surface area (Å²) in [6.45, 7) is 0. The van der Waals surface area contributed by atoms with Crippen LogP contribution in [0.4, 0.5) is 0 Å². The first-order valence-corrected chi connectivity index (χ1v) is 11.0. The van der Waals surface area contributed by atoms with E-state index in [9.17, 15) is 4.57 Å². The minimum atomic E-state index is -3.10. The summed E-state index contributed by atoms with van der Waals surface area (Å²) >= 11 is 0. The van der Waals surface area contributed by atoms with Crippen molar-refractivity contribution in [3.63, 3.8) is 0 Å². The maximum atomic E-state index is 14.4. The van der Waals surface area contributed by atoms with Gasteiger partial charge in [0.25, 0.3) is 0 Å². The van der Waals surface area contributed by atoms with Crippen molar-refractivity contribution in [2.24, 2.45) is 0 Å². The molecule has 0 spiro atoms. The van der Waals surface area contributed by atoms with Crippen molar-refractivity contribution in [1.82, 2.24) is 0 Å². The van der Waals surface area contributed by atoms with Crippen LogP contribution in [0.5, 0.6) is 0 Å². The Morgan fingerprint density at radius 1 is 0.517 bits per heavy atom. The molecule has 0 aliphatic rings. The zero-order valence-corrected chi connectivity index (χ0v) is 17.3. The number of hydrogen-bond donors (Lipinski definition) is 0. The molecule has 0 N–H and O–H groups in total. The van der Waals surface area contributed by atoms with Gasteiger partial charge in [-0.15, -0.1) is 41.2 Å². The summed E-state index contributed by atoms with van der Waals surface area (Å²) in [6, 6.07) is 39.4. The maximum absolute atomic E-state index is 14.4. The second-order valence-corrected chi connectivity index (χ2v) is 8.97. The predicted octanol–water partition coefficient (Wildman–Crippen LogP) is 2.90. The fraction of sp³-hybridized carbons (Fsp3) is 0. The average molecular weight is 386 g/mol. The summed E-state index contributed by atoms with van der Waals surface area (Å²) in [4.78, 5) is 0. The first kappa shape index (κ1) is 21.2. The van der Waals surface area contributed by atoms with Crippen LogP contribution in [0, 0.1) is 5.82 Å². The van der Waals surface area contributed by atoms with Crippen molar-refractivity contribution in [1.29, 1.82) is 0 Å². The molecule has 0 saturated carbocycles. The Hall–Kier alpha value is -2.55. The third kappa shape index (κ3) is 4.72. The fourth-order valence-corrected chi connectivity index (χ4v) is 5.53. The van der Waals surface area contributed by atoms with Crippen LogP contribution in [0.15, 0.2) is 121 Å². The summed E-state index contributed by atoms with van der Waals surface area (Å²) in [5.41, 5.74) is 2.86. The van der Waals surface area contributed by atoms with Gasteiger partial charge >= 0.3 is 18.9 Å². The molecule has 0 aliphatic carbocycles. The van der Waals surface area contributed by atoms with E-state index in [1.54, 1.807) is 0 Å². The third-order valence-corrected chi connectivity index (χ3v) is 7.22. The molecule has 0 unspecified atom stereocenters. The Morgan fingerprint density at radius 2 is 0.828 bits per heavy atom. The van der Waals surface area contributed by atoms with Gasteiger partial charge in [-0.2, -0.15) is 5.57 Å². The molecule has 0 heterocycles. The summed E-state index contributed by atoms with van der Waals surface area (Å²) in [6.07, 6.45) is 0. The van der Waals surface area contributed by atoms with Gasteiger partial charge in [-0.25, -0.2) is 0 Å². The standard InChI is InChI=1S/C26H20OP.Li/c27-28(24-17-9-3-10-18-24,25-19-11-4-12-20-25)21-26(22-13-5-1-6-14-22)23-15-7-2-8-16-23;/h1-20H;/q-1;+1. The second kappa shape index (κ2) is 9.77. The van der Waals surface area contributed by atoms with Crippen LogP contribution in [0.1, 0.15) is 11.1 Å². The minimum Gasteiger partial charge on any atom is -0.323 e. The molecule has 136 valence electrons. The van der Waals surface area contributed by atoms with E-state index < -0.39 is 7.14 Å². The first-order valence-electron chi connectivity index (χ1n) is 9.25. The predicted molar refractivity (Wildman–Crippen MR) is 118 cm³/mol. The van der Waals surface area contributed by atoms with E-state index in [2.05, 4.69) is 5.82 Å². The van der Waals surface area contributed by atoms with Gasteiger partial charge in [-0.3, -0.25) is 0 Å². The van der Waals surface area contributed by atoms with Gasteiger partial charge in [0.15, 0.2) is 0 Å². The summed E-state index contributed by atoms with van der Waals surface area (Å²) in [7, 11) is -3.10. The maximum Gasteiger partial charge on any atom is 1.00 e. The van der Waals surface area contributed by atoms with Gasteiger partial charge in [-0.05, 0) is 0 Å². The molecule has 3 heteroatoms. The van der Waals surface area contributed by atoms with Gasteiger partial charge in [0, 0.05) is 10.6 Å². The summed E-state index contributed by atoms with van der Waals surface area (Å²) in [5, 5.41) is 1.57. The molecule has 0 amide bonds. The van der Waals surface area contributed by atoms with Crippen LogP contribution in [-0.2, 0) is 4.57 Å². The van der Waals surface area contributed by atoms with E-state index >= 15 is 0 Å². The molecular weight excluding hydrogens is 366 g/mol. The molecule has 29 heavy (non-hydrogen) atoms. The van der Waals surface area contributed by atoms with Crippen molar-refractivity contribution in [2.75, 3.05) is 0 Å². The van der Waals surface area contributed by atoms with Crippen LogP contribution in [-0.4, -0.2) is 0 Å². The molecule has 4 aromatic carbocycles. The topological polar surface area (TPSA) is 17.1 Å². The van der Waals surface area contributed by atoms with Crippen LogP contribution < -0.4 is 29.5 Å². The van der Waals surface area contributed by atoms with Crippen molar-refractivity contribution >= 4 is 23.3 Å². The molecule has 1 nitrogen and oxygen atoms in total. The first-order chi connectivity index (χ1) is 13.8. The van der Waals surface area contributed by atoms with E-state index in [0.717, 1.165) is 27.3 Å². The monoisotopic (exact) mass is 386 g/mol. The Labute approximate surface area is 184 Å². The molecule has 4 rings (SSSR count). The summed E-state index contributed by atoms with van der Waals surface area (Å²) < 4.78 is 14.4. The van der Waals surface area contributed by atoms with Crippen LogP contribution >= 0.6 is 7.14 Å². The van der Waals surface area contributed by atoms with E-state index in [1.807, 2.05) is 121 Å². The molecule has 0 saturated heterocycles. The van der Waals surface area contributed by atoms with Gasteiger partial charge < -0.3 is 4.57 Å². The quantitative estimate of drug-likeness (QED) is 0.293. The number of hydrogen-bond acceptors (Lipinski definition) is 1. The molecule has 4 aromatic rings. The average Bonchev–Trinajstić information content (AvgIpc) is 2.80. The second-order valence-electron chi connectivity index (χ2n) is 6.50. The molecule has 0 bridgehead atoms. The Bertz CT molecular complexity index is 1020. The van der Waals surface area contributed by atoms with Crippen LogP contribution in [0.2, 0.25) is 0 Å². The van der Waals surface area contributed by atoms with Gasteiger partial charge in [0.2, 0.25) is 0 Å². The third-order valence-electron chi connectivity index (χ3n) is 4.63. The van der Waals surface area contributed by atoms with Crippen LogP contribution in [0.3, 0.4) is 0 Å². The molecular formula is C26H20LiOP. The minimum absolute atomic E-state index is 0. The van der Waals surface area contributed by atoms with Crippen molar-refractivity contribution in [3.05, 3.63) is 138 Å². The largest absolute Gasteiger partial charge is 1.00 e. The van der Waals surface area contributed by atoms with Gasteiger partial charge in [-0.1, -0.05) is 97.1 Å². The zero-order valence-electron chi connectivity index (χ0n) is 16.4. The van der Waals surface area contributed by atoms with Crippen molar-refractivity contribution < 1.29 is 23.4 Å². The molecule has 0 fully saturated rings. The van der Waals surface area contributed by atoms with E-state index in [1.165, 1.54) is 0 Å².